The fourth-order valence-electron chi connectivity index (χ4n) is 1.18. The molecule has 1 N–H and O–H groups in total. The van der Waals surface area contributed by atoms with Gasteiger partial charge in [-0.3, -0.25) is 4.79 Å². The zero-order chi connectivity index (χ0) is 9.68. The first-order valence-electron chi connectivity index (χ1n) is 4.16. The van der Waals surface area contributed by atoms with E-state index in [2.05, 4.69) is 40.3 Å². The van der Waals surface area contributed by atoms with E-state index in [1.807, 2.05) is 6.07 Å². The normalized spacial score (nSPS) is 9.69. The van der Waals surface area contributed by atoms with Crippen molar-refractivity contribution in [3.05, 3.63) is 33.8 Å². The summed E-state index contributed by atoms with van der Waals surface area (Å²) < 4.78 is 1.08. The molecule has 13 heavy (non-hydrogen) atoms. The predicted molar refractivity (Wildman–Crippen MR) is 56.6 cm³/mol. The van der Waals surface area contributed by atoms with E-state index in [0.29, 0.717) is 6.54 Å². The number of benzene rings is 1. The van der Waals surface area contributed by atoms with Crippen molar-refractivity contribution in [2.45, 2.75) is 13.3 Å². The molecular formula is C10H12BrNO. The first kappa shape index (κ1) is 10.3. The van der Waals surface area contributed by atoms with E-state index >= 15 is 0 Å². The van der Waals surface area contributed by atoms with Gasteiger partial charge in [-0.1, -0.05) is 22.0 Å². The highest BCUT2D eigenvalue weighted by atomic mass is 79.9. The molecule has 0 bridgehead atoms. The Balaban J connectivity index is 2.64. The van der Waals surface area contributed by atoms with Gasteiger partial charge < -0.3 is 5.32 Å². The van der Waals surface area contributed by atoms with Gasteiger partial charge in [0.1, 0.15) is 0 Å². The Kier molecular flexibility index (Phi) is 3.96. The van der Waals surface area contributed by atoms with Crippen molar-refractivity contribution >= 4 is 22.3 Å². The monoisotopic (exact) mass is 241 g/mol. The Hall–Kier alpha value is -0.830. The van der Waals surface area contributed by atoms with Crippen LogP contribution in [-0.4, -0.2) is 13.0 Å². The molecule has 1 aromatic carbocycles. The third-order valence-electron chi connectivity index (χ3n) is 1.93. The Bertz CT molecular complexity index is 299. The second-order valence-electron chi connectivity index (χ2n) is 2.89. The largest absolute Gasteiger partial charge is 0.358 e. The number of aryl methyl sites for hydroxylation is 1. The number of hydrogen-bond donors (Lipinski definition) is 1. The summed E-state index contributed by atoms with van der Waals surface area (Å²) in [6.07, 6.45) is 1.61. The van der Waals surface area contributed by atoms with Gasteiger partial charge in [0.2, 0.25) is 6.41 Å². The number of halogens is 1. The number of rotatable bonds is 4. The summed E-state index contributed by atoms with van der Waals surface area (Å²) in [5.74, 6) is 0. The molecule has 0 aliphatic carbocycles. The van der Waals surface area contributed by atoms with E-state index in [-0.39, 0.29) is 0 Å². The lowest BCUT2D eigenvalue weighted by Gasteiger charge is -2.05. The van der Waals surface area contributed by atoms with E-state index < -0.39 is 0 Å². The molecule has 0 saturated heterocycles. The zero-order valence-electron chi connectivity index (χ0n) is 7.51. The molecule has 1 aromatic rings. The van der Waals surface area contributed by atoms with Crippen LogP contribution in [0.5, 0.6) is 0 Å². The summed E-state index contributed by atoms with van der Waals surface area (Å²) in [4.78, 5) is 10.0. The SMILES string of the molecule is Cc1ccc(Br)cc1CCNC=O. The average molecular weight is 242 g/mol. The van der Waals surface area contributed by atoms with Gasteiger partial charge in [0.15, 0.2) is 0 Å². The summed E-state index contributed by atoms with van der Waals surface area (Å²) in [5, 5.41) is 2.65. The van der Waals surface area contributed by atoms with E-state index in [9.17, 15) is 4.79 Å². The highest BCUT2D eigenvalue weighted by Crippen LogP contribution is 2.15. The Labute approximate surface area is 86.5 Å². The van der Waals surface area contributed by atoms with E-state index in [1.54, 1.807) is 0 Å². The average Bonchev–Trinajstić information content (AvgIpc) is 2.11. The molecule has 0 fully saturated rings. The van der Waals surface area contributed by atoms with Gasteiger partial charge >= 0.3 is 0 Å². The van der Waals surface area contributed by atoms with Crippen molar-refractivity contribution in [1.29, 1.82) is 0 Å². The van der Waals surface area contributed by atoms with Crippen molar-refractivity contribution in [2.24, 2.45) is 0 Å². The Morgan fingerprint density at radius 1 is 1.54 bits per heavy atom. The molecule has 0 saturated carbocycles. The van der Waals surface area contributed by atoms with Crippen molar-refractivity contribution in [3.63, 3.8) is 0 Å². The van der Waals surface area contributed by atoms with Gasteiger partial charge in [0, 0.05) is 11.0 Å². The second-order valence-corrected chi connectivity index (χ2v) is 3.81. The number of carbonyl (C=O) groups excluding carboxylic acids is 1. The lowest BCUT2D eigenvalue weighted by atomic mass is 10.1. The number of nitrogens with one attached hydrogen (secondary N) is 1. The Morgan fingerprint density at radius 2 is 2.31 bits per heavy atom. The molecule has 0 unspecified atom stereocenters. The highest BCUT2D eigenvalue weighted by Gasteiger charge is 1.98. The molecule has 0 aromatic heterocycles. The molecule has 0 radical (unpaired) electrons. The first-order chi connectivity index (χ1) is 6.24. The van der Waals surface area contributed by atoms with Gasteiger partial charge in [-0.25, -0.2) is 0 Å². The summed E-state index contributed by atoms with van der Waals surface area (Å²) in [5.41, 5.74) is 2.53. The van der Waals surface area contributed by atoms with Gasteiger partial charge in [0.25, 0.3) is 0 Å². The molecule has 0 aliphatic rings. The number of carbonyl (C=O) groups is 1. The van der Waals surface area contributed by atoms with Crippen LogP contribution in [0, 0.1) is 6.92 Å². The quantitative estimate of drug-likeness (QED) is 0.635. The van der Waals surface area contributed by atoms with Crippen LogP contribution in [-0.2, 0) is 11.2 Å². The van der Waals surface area contributed by atoms with Gasteiger partial charge in [-0.05, 0) is 36.6 Å². The smallest absolute Gasteiger partial charge is 0.207 e. The van der Waals surface area contributed by atoms with Crippen LogP contribution in [0.15, 0.2) is 22.7 Å². The van der Waals surface area contributed by atoms with Gasteiger partial charge in [-0.15, -0.1) is 0 Å². The lowest BCUT2D eigenvalue weighted by Crippen LogP contribution is -2.14. The molecule has 1 rings (SSSR count). The van der Waals surface area contributed by atoms with Crippen LogP contribution in [0.1, 0.15) is 11.1 Å². The third kappa shape index (κ3) is 3.19. The molecule has 0 heterocycles. The zero-order valence-corrected chi connectivity index (χ0v) is 9.10. The minimum atomic E-state index is 0.695. The predicted octanol–water partition coefficient (Wildman–Crippen LogP) is 2.05. The molecule has 2 nitrogen and oxygen atoms in total. The minimum absolute atomic E-state index is 0.695. The van der Waals surface area contributed by atoms with Crippen molar-refractivity contribution in [1.82, 2.24) is 5.32 Å². The Morgan fingerprint density at radius 3 is 3.00 bits per heavy atom. The summed E-state index contributed by atoms with van der Waals surface area (Å²) in [6, 6.07) is 6.17. The topological polar surface area (TPSA) is 29.1 Å². The summed E-state index contributed by atoms with van der Waals surface area (Å²) in [7, 11) is 0. The van der Waals surface area contributed by atoms with Crippen molar-refractivity contribution in [2.75, 3.05) is 6.54 Å². The summed E-state index contributed by atoms with van der Waals surface area (Å²) >= 11 is 3.42. The van der Waals surface area contributed by atoms with Crippen LogP contribution < -0.4 is 5.32 Å². The fraction of sp³-hybridized carbons (Fsp3) is 0.300. The van der Waals surface area contributed by atoms with E-state index in [4.69, 9.17) is 0 Å². The van der Waals surface area contributed by atoms with Crippen LogP contribution in [0.4, 0.5) is 0 Å². The standard InChI is InChI=1S/C10H12BrNO/c1-8-2-3-10(11)6-9(8)4-5-12-7-13/h2-3,6-7H,4-5H2,1H3,(H,12,13). The minimum Gasteiger partial charge on any atom is -0.358 e. The first-order valence-corrected chi connectivity index (χ1v) is 4.95. The van der Waals surface area contributed by atoms with Crippen LogP contribution in [0.25, 0.3) is 0 Å². The fourth-order valence-corrected chi connectivity index (χ4v) is 1.58. The van der Waals surface area contributed by atoms with E-state index in [0.717, 1.165) is 17.3 Å². The second kappa shape index (κ2) is 5.02. The van der Waals surface area contributed by atoms with E-state index in [1.165, 1.54) is 11.1 Å². The summed E-state index contributed by atoms with van der Waals surface area (Å²) in [6.45, 7) is 2.77. The number of hydrogen-bond acceptors (Lipinski definition) is 1. The third-order valence-corrected chi connectivity index (χ3v) is 2.43. The maximum atomic E-state index is 10.0. The highest BCUT2D eigenvalue weighted by molar-refractivity contribution is 9.10. The molecule has 0 atom stereocenters. The van der Waals surface area contributed by atoms with Crippen molar-refractivity contribution in [3.8, 4) is 0 Å². The molecule has 0 spiro atoms. The molecule has 70 valence electrons. The lowest BCUT2D eigenvalue weighted by molar-refractivity contribution is -0.109. The maximum absolute atomic E-state index is 10.0. The molecular weight excluding hydrogens is 230 g/mol. The van der Waals surface area contributed by atoms with Crippen LogP contribution >= 0.6 is 15.9 Å². The number of amides is 1. The molecule has 0 aliphatic heterocycles. The van der Waals surface area contributed by atoms with Crippen molar-refractivity contribution < 1.29 is 4.79 Å². The van der Waals surface area contributed by atoms with Gasteiger partial charge in [-0.2, -0.15) is 0 Å². The van der Waals surface area contributed by atoms with Crippen LogP contribution in [0.3, 0.4) is 0 Å². The molecule has 1 amide bonds. The van der Waals surface area contributed by atoms with Crippen LogP contribution in [0.2, 0.25) is 0 Å². The maximum Gasteiger partial charge on any atom is 0.207 e. The van der Waals surface area contributed by atoms with Gasteiger partial charge in [0.05, 0.1) is 0 Å². The molecule has 3 heteroatoms.